The first-order chi connectivity index (χ1) is 7.18. The van der Waals surface area contributed by atoms with Gasteiger partial charge in [-0.05, 0) is 37.8 Å². The molecule has 0 spiro atoms. The van der Waals surface area contributed by atoms with Crippen molar-refractivity contribution in [1.82, 2.24) is 4.98 Å². The number of rotatable bonds is 1. The van der Waals surface area contributed by atoms with E-state index in [2.05, 4.69) is 4.98 Å². The number of hydrogen-bond acceptors (Lipinski definition) is 2. The molecule has 0 aromatic carbocycles. The molecule has 0 radical (unpaired) electrons. The van der Waals surface area contributed by atoms with Crippen LogP contribution in [0, 0.1) is 6.92 Å². The van der Waals surface area contributed by atoms with Gasteiger partial charge in [-0.1, -0.05) is 13.8 Å². The van der Waals surface area contributed by atoms with Crippen molar-refractivity contribution in [3.05, 3.63) is 28.6 Å². The monoisotopic (exact) mass is 206 g/mol. The number of aryl methyl sites for hydroxylation is 3. The molecule has 82 valence electrons. The van der Waals surface area contributed by atoms with Crippen molar-refractivity contribution in [2.75, 3.05) is 0 Å². The number of nitrogens with zero attached hydrogens (tertiary/aromatic N) is 1. The van der Waals surface area contributed by atoms with E-state index in [-0.39, 0.29) is 5.91 Å². The predicted molar refractivity (Wildman–Crippen MR) is 60.9 cm³/mol. The molecule has 0 atom stereocenters. The third-order valence-electron chi connectivity index (χ3n) is 2.51. The molecule has 0 bridgehead atoms. The molecule has 15 heavy (non-hydrogen) atoms. The molecule has 0 saturated heterocycles. The van der Waals surface area contributed by atoms with E-state index in [1.54, 1.807) is 0 Å². The molecular weight excluding hydrogens is 188 g/mol. The predicted octanol–water partition coefficient (Wildman–Crippen LogP) is 2.00. The van der Waals surface area contributed by atoms with Crippen LogP contribution in [0.4, 0.5) is 0 Å². The van der Waals surface area contributed by atoms with Crippen molar-refractivity contribution in [3.8, 4) is 0 Å². The SMILES string of the molecule is CC.Cc1nc2c(cc1C(N)=O)CCC2. The Morgan fingerprint density at radius 2 is 2.07 bits per heavy atom. The molecule has 0 aliphatic heterocycles. The van der Waals surface area contributed by atoms with Crippen LogP contribution in [0.2, 0.25) is 0 Å². The van der Waals surface area contributed by atoms with E-state index in [4.69, 9.17) is 5.73 Å². The average molecular weight is 206 g/mol. The first-order valence-electron chi connectivity index (χ1n) is 5.47. The Morgan fingerprint density at radius 3 is 2.67 bits per heavy atom. The molecule has 1 aliphatic rings. The van der Waals surface area contributed by atoms with Gasteiger partial charge in [-0.3, -0.25) is 9.78 Å². The highest BCUT2D eigenvalue weighted by Crippen LogP contribution is 2.22. The second-order valence-corrected chi connectivity index (χ2v) is 3.44. The maximum absolute atomic E-state index is 11.0. The summed E-state index contributed by atoms with van der Waals surface area (Å²) in [6.07, 6.45) is 3.21. The number of aromatic nitrogens is 1. The topological polar surface area (TPSA) is 56.0 Å². The van der Waals surface area contributed by atoms with Gasteiger partial charge in [-0.15, -0.1) is 0 Å². The number of hydrogen-bond donors (Lipinski definition) is 1. The zero-order valence-corrected chi connectivity index (χ0v) is 9.63. The van der Waals surface area contributed by atoms with Crippen LogP contribution in [0.25, 0.3) is 0 Å². The van der Waals surface area contributed by atoms with Gasteiger partial charge < -0.3 is 5.73 Å². The van der Waals surface area contributed by atoms with Gasteiger partial charge in [0.25, 0.3) is 5.91 Å². The van der Waals surface area contributed by atoms with E-state index in [9.17, 15) is 4.79 Å². The summed E-state index contributed by atoms with van der Waals surface area (Å²) in [4.78, 5) is 15.4. The molecule has 3 heteroatoms. The molecule has 2 rings (SSSR count). The van der Waals surface area contributed by atoms with Crippen molar-refractivity contribution >= 4 is 5.91 Å². The lowest BCUT2D eigenvalue weighted by molar-refractivity contribution is 0.0999. The van der Waals surface area contributed by atoms with Gasteiger partial charge in [0.2, 0.25) is 0 Å². The van der Waals surface area contributed by atoms with Crippen molar-refractivity contribution in [1.29, 1.82) is 0 Å². The summed E-state index contributed by atoms with van der Waals surface area (Å²) in [5.41, 5.74) is 8.89. The van der Waals surface area contributed by atoms with Crippen LogP contribution in [0.15, 0.2) is 6.07 Å². The van der Waals surface area contributed by atoms with Gasteiger partial charge in [-0.2, -0.15) is 0 Å². The second-order valence-electron chi connectivity index (χ2n) is 3.44. The van der Waals surface area contributed by atoms with Crippen molar-refractivity contribution < 1.29 is 4.79 Å². The van der Waals surface area contributed by atoms with Crippen LogP contribution in [-0.4, -0.2) is 10.9 Å². The number of primary amides is 1. The van der Waals surface area contributed by atoms with Gasteiger partial charge in [0.05, 0.1) is 11.3 Å². The number of nitrogens with two attached hydrogens (primary N) is 1. The third-order valence-corrected chi connectivity index (χ3v) is 2.51. The minimum Gasteiger partial charge on any atom is -0.366 e. The quantitative estimate of drug-likeness (QED) is 0.764. The number of pyridine rings is 1. The molecule has 0 unspecified atom stereocenters. The fraction of sp³-hybridized carbons (Fsp3) is 0.500. The number of fused-ring (bicyclic) bond motifs is 1. The molecule has 2 N–H and O–H groups in total. The summed E-state index contributed by atoms with van der Waals surface area (Å²) in [7, 11) is 0. The lowest BCUT2D eigenvalue weighted by atomic mass is 10.1. The zero-order chi connectivity index (χ0) is 11.4. The Bertz CT molecular complexity index is 372. The molecule has 0 saturated carbocycles. The summed E-state index contributed by atoms with van der Waals surface area (Å²) in [6, 6.07) is 1.90. The highest BCUT2D eigenvalue weighted by molar-refractivity contribution is 5.94. The minimum absolute atomic E-state index is 0.375. The van der Waals surface area contributed by atoms with Crippen LogP contribution in [0.5, 0.6) is 0 Å². The number of carbonyl (C=O) groups is 1. The van der Waals surface area contributed by atoms with Crippen LogP contribution in [-0.2, 0) is 12.8 Å². The Kier molecular flexibility index (Phi) is 3.83. The average Bonchev–Trinajstić information content (AvgIpc) is 2.66. The molecule has 3 nitrogen and oxygen atoms in total. The maximum Gasteiger partial charge on any atom is 0.250 e. The highest BCUT2D eigenvalue weighted by atomic mass is 16.1. The fourth-order valence-electron chi connectivity index (χ4n) is 1.83. The molecule has 0 fully saturated rings. The Labute approximate surface area is 90.7 Å². The van der Waals surface area contributed by atoms with Crippen molar-refractivity contribution in [2.24, 2.45) is 5.73 Å². The largest absolute Gasteiger partial charge is 0.366 e. The Hall–Kier alpha value is -1.38. The first-order valence-corrected chi connectivity index (χ1v) is 5.47. The van der Waals surface area contributed by atoms with Crippen LogP contribution in [0.1, 0.15) is 47.6 Å². The van der Waals surface area contributed by atoms with Gasteiger partial charge in [-0.25, -0.2) is 0 Å². The van der Waals surface area contributed by atoms with E-state index in [0.29, 0.717) is 5.56 Å². The van der Waals surface area contributed by atoms with E-state index in [1.807, 2.05) is 26.8 Å². The van der Waals surface area contributed by atoms with E-state index in [0.717, 1.165) is 30.7 Å². The van der Waals surface area contributed by atoms with Crippen molar-refractivity contribution in [2.45, 2.75) is 40.0 Å². The van der Waals surface area contributed by atoms with Gasteiger partial charge in [0, 0.05) is 5.69 Å². The lowest BCUT2D eigenvalue weighted by Crippen LogP contribution is -2.14. The molecule has 1 aliphatic carbocycles. The summed E-state index contributed by atoms with van der Waals surface area (Å²) in [5.74, 6) is -0.375. The standard InChI is InChI=1S/C10H12N2O.C2H6/c1-6-8(10(11)13)5-7-3-2-4-9(7)12-6;1-2/h5H,2-4H2,1H3,(H2,11,13);1-2H3. The molecule has 1 amide bonds. The minimum atomic E-state index is -0.375. The maximum atomic E-state index is 11.0. The van der Waals surface area contributed by atoms with Gasteiger partial charge in [0.15, 0.2) is 0 Å². The van der Waals surface area contributed by atoms with Crippen LogP contribution < -0.4 is 5.73 Å². The summed E-state index contributed by atoms with van der Waals surface area (Å²) < 4.78 is 0. The van der Waals surface area contributed by atoms with Crippen LogP contribution >= 0.6 is 0 Å². The normalized spacial score (nSPS) is 12.7. The lowest BCUT2D eigenvalue weighted by Gasteiger charge is -2.04. The van der Waals surface area contributed by atoms with E-state index in [1.165, 1.54) is 5.56 Å². The van der Waals surface area contributed by atoms with E-state index < -0.39 is 0 Å². The molecule has 1 aromatic heterocycles. The molecular formula is C12H18N2O. The summed E-state index contributed by atoms with van der Waals surface area (Å²) in [5, 5.41) is 0. The zero-order valence-electron chi connectivity index (χ0n) is 9.63. The van der Waals surface area contributed by atoms with Crippen LogP contribution in [0.3, 0.4) is 0 Å². The van der Waals surface area contributed by atoms with Gasteiger partial charge in [0.1, 0.15) is 0 Å². The second kappa shape index (κ2) is 4.91. The molecule has 1 heterocycles. The summed E-state index contributed by atoms with van der Waals surface area (Å²) in [6.45, 7) is 5.83. The van der Waals surface area contributed by atoms with E-state index >= 15 is 0 Å². The fourth-order valence-corrected chi connectivity index (χ4v) is 1.83. The number of carbonyl (C=O) groups excluding carboxylic acids is 1. The highest BCUT2D eigenvalue weighted by Gasteiger charge is 2.16. The Morgan fingerprint density at radius 1 is 1.40 bits per heavy atom. The molecule has 1 aromatic rings. The first kappa shape index (κ1) is 11.7. The summed E-state index contributed by atoms with van der Waals surface area (Å²) >= 11 is 0. The number of amides is 1. The third kappa shape index (κ3) is 2.35. The van der Waals surface area contributed by atoms with Gasteiger partial charge >= 0.3 is 0 Å². The smallest absolute Gasteiger partial charge is 0.250 e. The Balaban J connectivity index is 0.000000531. The van der Waals surface area contributed by atoms with Crippen molar-refractivity contribution in [3.63, 3.8) is 0 Å².